The SMILES string of the molecule is CCC(=CCN(CCO)CCO)C(=O)OC. The van der Waals surface area contributed by atoms with Crippen molar-refractivity contribution in [2.75, 3.05) is 40.0 Å². The molecule has 0 aliphatic carbocycles. The van der Waals surface area contributed by atoms with Crippen LogP contribution >= 0.6 is 0 Å². The number of nitrogens with zero attached hydrogens (tertiary/aromatic N) is 1. The van der Waals surface area contributed by atoms with E-state index < -0.39 is 0 Å². The van der Waals surface area contributed by atoms with Crippen LogP contribution in [-0.2, 0) is 9.53 Å². The van der Waals surface area contributed by atoms with Crippen molar-refractivity contribution in [3.63, 3.8) is 0 Å². The Kier molecular flexibility index (Phi) is 8.80. The Morgan fingerprint density at radius 1 is 1.31 bits per heavy atom. The zero-order valence-electron chi connectivity index (χ0n) is 9.98. The van der Waals surface area contributed by atoms with Gasteiger partial charge in [-0.25, -0.2) is 4.79 Å². The van der Waals surface area contributed by atoms with E-state index in [0.717, 1.165) is 0 Å². The van der Waals surface area contributed by atoms with Gasteiger partial charge in [-0.2, -0.15) is 0 Å². The van der Waals surface area contributed by atoms with Crippen molar-refractivity contribution in [1.29, 1.82) is 0 Å². The number of rotatable bonds is 8. The van der Waals surface area contributed by atoms with Gasteiger partial charge >= 0.3 is 5.97 Å². The summed E-state index contributed by atoms with van der Waals surface area (Å²) in [7, 11) is 1.35. The van der Waals surface area contributed by atoms with Crippen molar-refractivity contribution >= 4 is 5.97 Å². The summed E-state index contributed by atoms with van der Waals surface area (Å²) in [5, 5.41) is 17.6. The standard InChI is InChI=1S/C11H21NO4/c1-3-10(11(15)16-2)4-5-12(6-8-13)7-9-14/h4,13-14H,3,5-9H2,1-2H3. The highest BCUT2D eigenvalue weighted by molar-refractivity contribution is 5.88. The van der Waals surface area contributed by atoms with E-state index in [2.05, 4.69) is 4.74 Å². The van der Waals surface area contributed by atoms with E-state index in [-0.39, 0.29) is 19.2 Å². The third-order valence-corrected chi connectivity index (χ3v) is 2.26. The maximum absolute atomic E-state index is 11.3. The van der Waals surface area contributed by atoms with Gasteiger partial charge in [-0.3, -0.25) is 4.90 Å². The normalized spacial score (nSPS) is 11.9. The van der Waals surface area contributed by atoms with E-state index in [1.54, 1.807) is 6.08 Å². The lowest BCUT2D eigenvalue weighted by Crippen LogP contribution is -2.30. The number of hydrogen-bond donors (Lipinski definition) is 2. The highest BCUT2D eigenvalue weighted by atomic mass is 16.5. The summed E-state index contributed by atoms with van der Waals surface area (Å²) >= 11 is 0. The molecule has 0 aliphatic rings. The number of ether oxygens (including phenoxy) is 1. The zero-order valence-corrected chi connectivity index (χ0v) is 9.98. The monoisotopic (exact) mass is 231 g/mol. The van der Waals surface area contributed by atoms with Crippen molar-refractivity contribution in [2.24, 2.45) is 0 Å². The largest absolute Gasteiger partial charge is 0.466 e. The summed E-state index contributed by atoms with van der Waals surface area (Å²) in [4.78, 5) is 13.1. The minimum absolute atomic E-state index is 0.0352. The second kappa shape index (κ2) is 9.33. The Balaban J connectivity index is 4.30. The smallest absolute Gasteiger partial charge is 0.333 e. The van der Waals surface area contributed by atoms with E-state index in [0.29, 0.717) is 31.6 Å². The number of carbonyl (C=O) groups is 1. The van der Waals surface area contributed by atoms with Gasteiger partial charge in [-0.05, 0) is 6.42 Å². The second-order valence-corrected chi connectivity index (χ2v) is 3.32. The first kappa shape index (κ1) is 15.1. The van der Waals surface area contributed by atoms with Crippen LogP contribution in [0.1, 0.15) is 13.3 Å². The van der Waals surface area contributed by atoms with Crippen molar-refractivity contribution in [3.05, 3.63) is 11.6 Å². The first-order valence-corrected chi connectivity index (χ1v) is 5.41. The Labute approximate surface area is 96.3 Å². The van der Waals surface area contributed by atoms with Crippen LogP contribution in [0.5, 0.6) is 0 Å². The van der Waals surface area contributed by atoms with E-state index in [9.17, 15) is 4.79 Å². The van der Waals surface area contributed by atoms with Gasteiger partial charge in [0.2, 0.25) is 0 Å². The van der Waals surface area contributed by atoms with Crippen molar-refractivity contribution in [3.8, 4) is 0 Å². The molecule has 0 saturated heterocycles. The molecule has 0 rings (SSSR count). The topological polar surface area (TPSA) is 70.0 Å². The molecule has 0 aromatic heterocycles. The molecule has 5 heteroatoms. The summed E-state index contributed by atoms with van der Waals surface area (Å²) < 4.78 is 4.63. The van der Waals surface area contributed by atoms with Crippen LogP contribution in [0, 0.1) is 0 Å². The lowest BCUT2D eigenvalue weighted by atomic mass is 10.2. The average Bonchev–Trinajstić information content (AvgIpc) is 2.29. The third-order valence-electron chi connectivity index (χ3n) is 2.26. The van der Waals surface area contributed by atoms with E-state index in [1.165, 1.54) is 7.11 Å². The molecule has 0 radical (unpaired) electrons. The van der Waals surface area contributed by atoms with Crippen LogP contribution in [0.3, 0.4) is 0 Å². The fourth-order valence-corrected chi connectivity index (χ4v) is 1.32. The number of carbonyl (C=O) groups excluding carboxylic acids is 1. The predicted molar refractivity (Wildman–Crippen MR) is 61.0 cm³/mol. The Morgan fingerprint density at radius 3 is 2.25 bits per heavy atom. The number of aliphatic hydroxyl groups is 2. The molecule has 0 aromatic carbocycles. The molecule has 0 spiro atoms. The average molecular weight is 231 g/mol. The van der Waals surface area contributed by atoms with E-state index >= 15 is 0 Å². The van der Waals surface area contributed by atoms with Gasteiger partial charge in [-0.1, -0.05) is 13.0 Å². The summed E-state index contributed by atoms with van der Waals surface area (Å²) in [5.74, 6) is -0.324. The van der Waals surface area contributed by atoms with Crippen LogP contribution in [0.15, 0.2) is 11.6 Å². The van der Waals surface area contributed by atoms with Gasteiger partial charge in [0.05, 0.1) is 20.3 Å². The summed E-state index contributed by atoms with van der Waals surface area (Å²) in [6.07, 6.45) is 2.38. The molecule has 2 N–H and O–H groups in total. The van der Waals surface area contributed by atoms with Gasteiger partial charge in [0, 0.05) is 25.2 Å². The molecule has 5 nitrogen and oxygen atoms in total. The Hall–Kier alpha value is -0.910. The van der Waals surface area contributed by atoms with Crippen molar-refractivity contribution in [1.82, 2.24) is 4.90 Å². The highest BCUT2D eigenvalue weighted by Crippen LogP contribution is 2.03. The van der Waals surface area contributed by atoms with Gasteiger partial charge in [0.25, 0.3) is 0 Å². The van der Waals surface area contributed by atoms with Gasteiger partial charge < -0.3 is 14.9 Å². The fourth-order valence-electron chi connectivity index (χ4n) is 1.32. The summed E-state index contributed by atoms with van der Waals surface area (Å²) in [6.45, 7) is 3.44. The number of esters is 1. The maximum atomic E-state index is 11.3. The minimum atomic E-state index is -0.324. The van der Waals surface area contributed by atoms with Crippen LogP contribution in [0.2, 0.25) is 0 Å². The van der Waals surface area contributed by atoms with Gasteiger partial charge in [0.15, 0.2) is 0 Å². The molecular weight excluding hydrogens is 210 g/mol. The van der Waals surface area contributed by atoms with E-state index in [4.69, 9.17) is 10.2 Å². The molecule has 0 fully saturated rings. The zero-order chi connectivity index (χ0) is 12.4. The number of aliphatic hydroxyl groups excluding tert-OH is 2. The van der Waals surface area contributed by atoms with Crippen LogP contribution in [0.25, 0.3) is 0 Å². The summed E-state index contributed by atoms with van der Waals surface area (Å²) in [5.41, 5.74) is 0.614. The molecule has 94 valence electrons. The predicted octanol–water partition coefficient (Wildman–Crippen LogP) is -0.218. The molecular formula is C11H21NO4. The van der Waals surface area contributed by atoms with Gasteiger partial charge in [-0.15, -0.1) is 0 Å². The molecule has 0 atom stereocenters. The van der Waals surface area contributed by atoms with Crippen LogP contribution in [-0.4, -0.2) is 61.0 Å². The Bertz CT molecular complexity index is 222. The summed E-state index contributed by atoms with van der Waals surface area (Å²) in [6, 6.07) is 0. The van der Waals surface area contributed by atoms with Crippen molar-refractivity contribution in [2.45, 2.75) is 13.3 Å². The molecule has 0 bridgehead atoms. The van der Waals surface area contributed by atoms with Crippen molar-refractivity contribution < 1.29 is 19.7 Å². The molecule has 0 unspecified atom stereocenters. The molecule has 0 amide bonds. The van der Waals surface area contributed by atoms with E-state index in [1.807, 2.05) is 11.8 Å². The van der Waals surface area contributed by atoms with Gasteiger partial charge in [0.1, 0.15) is 0 Å². The highest BCUT2D eigenvalue weighted by Gasteiger charge is 2.08. The minimum Gasteiger partial charge on any atom is -0.466 e. The maximum Gasteiger partial charge on any atom is 0.333 e. The molecule has 0 saturated carbocycles. The molecule has 0 aliphatic heterocycles. The second-order valence-electron chi connectivity index (χ2n) is 3.32. The Morgan fingerprint density at radius 2 is 1.88 bits per heavy atom. The first-order chi connectivity index (χ1) is 7.69. The molecule has 0 heterocycles. The number of hydrogen-bond acceptors (Lipinski definition) is 5. The lowest BCUT2D eigenvalue weighted by molar-refractivity contribution is -0.136. The molecule has 0 aromatic rings. The van der Waals surface area contributed by atoms with Crippen LogP contribution < -0.4 is 0 Å². The first-order valence-electron chi connectivity index (χ1n) is 5.41. The lowest BCUT2D eigenvalue weighted by Gasteiger charge is -2.18. The number of methoxy groups -OCH3 is 1. The quantitative estimate of drug-likeness (QED) is 0.446. The molecule has 16 heavy (non-hydrogen) atoms. The van der Waals surface area contributed by atoms with Crippen LogP contribution in [0.4, 0.5) is 0 Å². The fraction of sp³-hybridized carbons (Fsp3) is 0.727. The third kappa shape index (κ3) is 5.85.